The van der Waals surface area contributed by atoms with E-state index in [4.69, 9.17) is 4.74 Å². The SMILES string of the molecule is O=C(NC(CC1CC1)C(=O)N1CCC(C(=O)O)C1)OCC1c2ccccc2-c2ccccc21. The number of amides is 2. The van der Waals surface area contributed by atoms with Gasteiger partial charge in [0.05, 0.1) is 5.92 Å². The molecule has 0 aromatic heterocycles. The molecule has 2 unspecified atom stereocenters. The van der Waals surface area contributed by atoms with Gasteiger partial charge in [0, 0.05) is 19.0 Å². The molecule has 1 heterocycles. The van der Waals surface area contributed by atoms with Crippen LogP contribution in [0.4, 0.5) is 4.79 Å². The Kier molecular flexibility index (Phi) is 5.79. The van der Waals surface area contributed by atoms with Gasteiger partial charge in [-0.15, -0.1) is 0 Å². The molecule has 2 N–H and O–H groups in total. The fourth-order valence-corrected chi connectivity index (χ4v) is 5.07. The fraction of sp³-hybridized carbons (Fsp3) is 0.423. The van der Waals surface area contributed by atoms with E-state index in [1.54, 1.807) is 4.90 Å². The van der Waals surface area contributed by atoms with Crippen LogP contribution in [0.25, 0.3) is 11.1 Å². The van der Waals surface area contributed by atoms with Crippen LogP contribution in [-0.2, 0) is 14.3 Å². The number of fused-ring (bicyclic) bond motifs is 3. The van der Waals surface area contributed by atoms with Gasteiger partial charge in [-0.1, -0.05) is 61.4 Å². The third-order valence-corrected chi connectivity index (χ3v) is 7.05. The Labute approximate surface area is 192 Å². The van der Waals surface area contributed by atoms with Crippen molar-refractivity contribution >= 4 is 18.0 Å². The van der Waals surface area contributed by atoms with Crippen molar-refractivity contribution in [2.24, 2.45) is 11.8 Å². The minimum absolute atomic E-state index is 0.0457. The molecule has 2 atom stereocenters. The Balaban J connectivity index is 1.24. The number of hydrogen-bond acceptors (Lipinski definition) is 4. The van der Waals surface area contributed by atoms with Crippen LogP contribution >= 0.6 is 0 Å². The van der Waals surface area contributed by atoms with Crippen LogP contribution in [0.2, 0.25) is 0 Å². The summed E-state index contributed by atoms with van der Waals surface area (Å²) in [5.74, 6) is -1.25. The molecular formula is C26H28N2O5. The molecule has 172 valence electrons. The van der Waals surface area contributed by atoms with E-state index in [1.165, 1.54) is 0 Å². The van der Waals surface area contributed by atoms with Gasteiger partial charge in [0.15, 0.2) is 0 Å². The highest BCUT2D eigenvalue weighted by atomic mass is 16.5. The average Bonchev–Trinajstić information content (AvgIpc) is 3.39. The molecule has 1 aliphatic heterocycles. The van der Waals surface area contributed by atoms with Crippen molar-refractivity contribution in [3.8, 4) is 11.1 Å². The summed E-state index contributed by atoms with van der Waals surface area (Å²) < 4.78 is 5.63. The number of likely N-dealkylation sites (tertiary alicyclic amines) is 1. The lowest BCUT2D eigenvalue weighted by Crippen LogP contribution is -2.48. The van der Waals surface area contributed by atoms with Gasteiger partial charge in [-0.05, 0) is 41.0 Å². The third-order valence-electron chi connectivity index (χ3n) is 7.05. The molecular weight excluding hydrogens is 420 g/mol. The fourth-order valence-electron chi connectivity index (χ4n) is 5.07. The zero-order chi connectivity index (χ0) is 22.9. The van der Waals surface area contributed by atoms with E-state index in [-0.39, 0.29) is 25.0 Å². The van der Waals surface area contributed by atoms with Gasteiger partial charge in [0.25, 0.3) is 0 Å². The van der Waals surface area contributed by atoms with Crippen molar-refractivity contribution in [3.63, 3.8) is 0 Å². The van der Waals surface area contributed by atoms with Crippen LogP contribution in [-0.4, -0.2) is 53.7 Å². The van der Waals surface area contributed by atoms with Crippen molar-refractivity contribution in [3.05, 3.63) is 59.7 Å². The number of carbonyl (C=O) groups excluding carboxylic acids is 2. The van der Waals surface area contributed by atoms with E-state index in [9.17, 15) is 19.5 Å². The molecule has 0 spiro atoms. The van der Waals surface area contributed by atoms with E-state index >= 15 is 0 Å². The lowest BCUT2D eigenvalue weighted by atomic mass is 9.98. The quantitative estimate of drug-likeness (QED) is 0.674. The first-order valence-corrected chi connectivity index (χ1v) is 11.6. The number of aliphatic carboxylic acids is 1. The molecule has 7 heteroatoms. The van der Waals surface area contributed by atoms with Gasteiger partial charge in [0.1, 0.15) is 12.6 Å². The Hall–Kier alpha value is -3.35. The Morgan fingerprint density at radius 3 is 2.21 bits per heavy atom. The minimum Gasteiger partial charge on any atom is -0.481 e. The number of hydrogen-bond donors (Lipinski definition) is 2. The molecule has 2 fully saturated rings. The summed E-state index contributed by atoms with van der Waals surface area (Å²) in [6, 6.07) is 15.6. The molecule has 2 aromatic rings. The maximum Gasteiger partial charge on any atom is 0.407 e. The first-order valence-electron chi connectivity index (χ1n) is 11.6. The van der Waals surface area contributed by atoms with E-state index in [1.807, 2.05) is 24.3 Å². The molecule has 7 nitrogen and oxygen atoms in total. The van der Waals surface area contributed by atoms with Crippen molar-refractivity contribution in [1.29, 1.82) is 0 Å². The van der Waals surface area contributed by atoms with Crippen LogP contribution in [0.1, 0.15) is 42.7 Å². The van der Waals surface area contributed by atoms with E-state index in [2.05, 4.69) is 29.6 Å². The summed E-state index contributed by atoms with van der Waals surface area (Å²) in [4.78, 5) is 38.6. The van der Waals surface area contributed by atoms with Crippen LogP contribution in [0, 0.1) is 11.8 Å². The maximum absolute atomic E-state index is 13.1. The zero-order valence-corrected chi connectivity index (χ0v) is 18.4. The number of rotatable bonds is 7. The van der Waals surface area contributed by atoms with Gasteiger partial charge in [-0.2, -0.15) is 0 Å². The highest BCUT2D eigenvalue weighted by Gasteiger charge is 2.38. The molecule has 2 aromatic carbocycles. The predicted octanol–water partition coefficient (Wildman–Crippen LogP) is 3.63. The number of nitrogens with zero attached hydrogens (tertiary/aromatic N) is 1. The number of carboxylic acid groups (broad SMARTS) is 1. The van der Waals surface area contributed by atoms with Crippen LogP contribution in [0.3, 0.4) is 0 Å². The molecule has 2 amide bonds. The summed E-state index contributed by atoms with van der Waals surface area (Å²) in [7, 11) is 0. The highest BCUT2D eigenvalue weighted by Crippen LogP contribution is 2.44. The molecule has 3 aliphatic rings. The highest BCUT2D eigenvalue weighted by molar-refractivity contribution is 5.87. The average molecular weight is 449 g/mol. The second-order valence-electron chi connectivity index (χ2n) is 9.31. The summed E-state index contributed by atoms with van der Waals surface area (Å²) in [5.41, 5.74) is 4.58. The van der Waals surface area contributed by atoms with Gasteiger partial charge >= 0.3 is 12.1 Å². The number of nitrogens with one attached hydrogen (secondary N) is 1. The Morgan fingerprint density at radius 1 is 1.00 bits per heavy atom. The molecule has 1 saturated heterocycles. The summed E-state index contributed by atoms with van der Waals surface area (Å²) >= 11 is 0. The van der Waals surface area contributed by atoms with Crippen LogP contribution in [0.15, 0.2) is 48.5 Å². The zero-order valence-electron chi connectivity index (χ0n) is 18.4. The molecule has 2 aliphatic carbocycles. The first kappa shape index (κ1) is 21.5. The second kappa shape index (κ2) is 8.89. The summed E-state index contributed by atoms with van der Waals surface area (Å²) in [6.07, 6.45) is 2.51. The lowest BCUT2D eigenvalue weighted by molar-refractivity contribution is -0.141. The summed E-state index contributed by atoms with van der Waals surface area (Å²) in [6.45, 7) is 0.792. The second-order valence-corrected chi connectivity index (χ2v) is 9.31. The molecule has 5 rings (SSSR count). The normalized spacial score (nSPS) is 20.1. The van der Waals surface area contributed by atoms with Crippen molar-refractivity contribution < 1.29 is 24.2 Å². The van der Waals surface area contributed by atoms with E-state index in [0.29, 0.717) is 25.3 Å². The number of ether oxygens (including phenoxy) is 1. The van der Waals surface area contributed by atoms with Gasteiger partial charge in [0.2, 0.25) is 5.91 Å². The predicted molar refractivity (Wildman–Crippen MR) is 122 cm³/mol. The molecule has 1 saturated carbocycles. The van der Waals surface area contributed by atoms with Crippen molar-refractivity contribution in [2.75, 3.05) is 19.7 Å². The molecule has 0 bridgehead atoms. The van der Waals surface area contributed by atoms with Crippen LogP contribution in [0.5, 0.6) is 0 Å². The summed E-state index contributed by atoms with van der Waals surface area (Å²) in [5, 5.41) is 12.0. The van der Waals surface area contributed by atoms with E-state index in [0.717, 1.165) is 35.1 Å². The number of carboxylic acids is 1. The smallest absolute Gasteiger partial charge is 0.407 e. The first-order chi connectivity index (χ1) is 16.0. The number of alkyl carbamates (subject to hydrolysis) is 1. The van der Waals surface area contributed by atoms with Gasteiger partial charge < -0.3 is 20.1 Å². The number of benzene rings is 2. The monoisotopic (exact) mass is 448 g/mol. The largest absolute Gasteiger partial charge is 0.481 e. The standard InChI is InChI=1S/C26H28N2O5/c29-24(28-12-11-17(14-28)25(30)31)23(13-16-9-10-16)27-26(32)33-15-22-20-7-3-1-5-18(20)19-6-2-4-8-21(19)22/h1-8,16-17,22-23H,9-15H2,(H,27,32)(H,30,31). The van der Waals surface area contributed by atoms with E-state index < -0.39 is 24.0 Å². The molecule has 0 radical (unpaired) electrons. The Bertz CT molecular complexity index is 1030. The van der Waals surface area contributed by atoms with Crippen molar-refractivity contribution in [1.82, 2.24) is 10.2 Å². The van der Waals surface area contributed by atoms with Gasteiger partial charge in [-0.25, -0.2) is 4.79 Å². The molecule has 33 heavy (non-hydrogen) atoms. The minimum atomic E-state index is -0.881. The third kappa shape index (κ3) is 4.45. The topological polar surface area (TPSA) is 95.9 Å². The number of carbonyl (C=O) groups is 3. The van der Waals surface area contributed by atoms with Crippen LogP contribution < -0.4 is 5.32 Å². The van der Waals surface area contributed by atoms with Gasteiger partial charge in [-0.3, -0.25) is 9.59 Å². The van der Waals surface area contributed by atoms with Crippen molar-refractivity contribution in [2.45, 2.75) is 37.6 Å². The lowest BCUT2D eigenvalue weighted by Gasteiger charge is -2.24. The Morgan fingerprint density at radius 2 is 1.64 bits per heavy atom. The maximum atomic E-state index is 13.1.